The molecule has 0 aliphatic heterocycles. The maximum absolute atomic E-state index is 11.2. The van der Waals surface area contributed by atoms with Crippen LogP contribution < -0.4 is 0 Å². The minimum Gasteiger partial charge on any atom is -0.481 e. The van der Waals surface area contributed by atoms with Gasteiger partial charge in [0.25, 0.3) is 0 Å². The minimum atomic E-state index is -3.02. The molecule has 1 N–H and O–H groups in total. The van der Waals surface area contributed by atoms with Crippen LogP contribution in [0.4, 0.5) is 0 Å². The van der Waals surface area contributed by atoms with Crippen molar-refractivity contribution in [2.45, 2.75) is 26.2 Å². The zero-order chi connectivity index (χ0) is 14.5. The largest absolute Gasteiger partial charge is 0.481 e. The summed E-state index contributed by atoms with van der Waals surface area (Å²) in [6, 6.07) is 7.73. The predicted molar refractivity (Wildman–Crippen MR) is 75.0 cm³/mol. The van der Waals surface area contributed by atoms with Crippen molar-refractivity contribution in [1.29, 1.82) is 0 Å². The normalized spacial score (nSPS) is 13.2. The first-order valence-corrected chi connectivity index (χ1v) is 8.30. The van der Waals surface area contributed by atoms with E-state index in [1.165, 1.54) is 6.26 Å². The zero-order valence-electron chi connectivity index (χ0n) is 11.3. The Hall–Kier alpha value is -1.36. The van der Waals surface area contributed by atoms with Crippen LogP contribution in [0.2, 0.25) is 0 Å². The third kappa shape index (κ3) is 6.38. The van der Waals surface area contributed by atoms with E-state index in [2.05, 4.69) is 0 Å². The third-order valence-electron chi connectivity index (χ3n) is 2.98. The lowest BCUT2D eigenvalue weighted by molar-refractivity contribution is -0.141. The van der Waals surface area contributed by atoms with Gasteiger partial charge >= 0.3 is 5.97 Å². The van der Waals surface area contributed by atoms with Crippen LogP contribution in [0.5, 0.6) is 0 Å². The summed E-state index contributed by atoms with van der Waals surface area (Å²) >= 11 is 0. The molecule has 0 aliphatic rings. The number of benzene rings is 1. The number of rotatable bonds is 7. The van der Waals surface area contributed by atoms with Crippen LogP contribution in [-0.2, 0) is 21.1 Å². The molecule has 4 nitrogen and oxygen atoms in total. The summed E-state index contributed by atoms with van der Waals surface area (Å²) in [6.07, 6.45) is 2.39. The number of carboxylic acids is 1. The summed E-state index contributed by atoms with van der Waals surface area (Å²) in [4.78, 5) is 11.2. The zero-order valence-corrected chi connectivity index (χ0v) is 12.1. The van der Waals surface area contributed by atoms with E-state index in [9.17, 15) is 18.3 Å². The Balaban J connectivity index is 2.61. The van der Waals surface area contributed by atoms with E-state index in [-0.39, 0.29) is 5.75 Å². The van der Waals surface area contributed by atoms with Crippen LogP contribution in [-0.4, -0.2) is 31.5 Å². The Morgan fingerprint density at radius 1 is 1.37 bits per heavy atom. The van der Waals surface area contributed by atoms with Crippen molar-refractivity contribution in [3.8, 4) is 0 Å². The summed E-state index contributed by atoms with van der Waals surface area (Å²) < 4.78 is 22.1. The van der Waals surface area contributed by atoms with E-state index in [0.29, 0.717) is 19.3 Å². The van der Waals surface area contributed by atoms with Gasteiger partial charge in [0.1, 0.15) is 9.84 Å². The highest BCUT2D eigenvalue weighted by Crippen LogP contribution is 2.16. The molecule has 0 aliphatic carbocycles. The number of aliphatic carboxylic acids is 1. The lowest BCUT2D eigenvalue weighted by Gasteiger charge is -2.12. The summed E-state index contributed by atoms with van der Waals surface area (Å²) in [5.74, 6) is -1.34. The van der Waals surface area contributed by atoms with E-state index < -0.39 is 21.7 Å². The lowest BCUT2D eigenvalue weighted by atomic mass is 9.94. The molecule has 1 aromatic carbocycles. The second kappa shape index (κ2) is 6.70. The van der Waals surface area contributed by atoms with Crippen LogP contribution in [0.3, 0.4) is 0 Å². The molecule has 1 aromatic rings. The summed E-state index contributed by atoms with van der Waals surface area (Å²) in [5, 5.41) is 9.18. The van der Waals surface area contributed by atoms with E-state index in [0.717, 1.165) is 11.1 Å². The van der Waals surface area contributed by atoms with E-state index in [1.54, 1.807) is 0 Å². The summed E-state index contributed by atoms with van der Waals surface area (Å²) in [5.41, 5.74) is 2.07. The van der Waals surface area contributed by atoms with Gasteiger partial charge in [0.2, 0.25) is 0 Å². The molecule has 0 heterocycles. The van der Waals surface area contributed by atoms with Crippen LogP contribution in [0, 0.1) is 12.8 Å². The number of hydrogen-bond acceptors (Lipinski definition) is 3. The highest BCUT2D eigenvalue weighted by Gasteiger charge is 2.18. The number of aryl methyl sites for hydroxylation is 1. The Kier molecular flexibility index (Phi) is 5.54. The van der Waals surface area contributed by atoms with Gasteiger partial charge in [0.15, 0.2) is 0 Å². The molecule has 0 fully saturated rings. The van der Waals surface area contributed by atoms with Gasteiger partial charge in [0, 0.05) is 12.0 Å². The minimum absolute atomic E-state index is 0.0462. The van der Waals surface area contributed by atoms with Crippen molar-refractivity contribution in [1.82, 2.24) is 0 Å². The first-order chi connectivity index (χ1) is 8.78. The lowest BCUT2D eigenvalue weighted by Crippen LogP contribution is -2.18. The van der Waals surface area contributed by atoms with Gasteiger partial charge in [-0.15, -0.1) is 0 Å². The Morgan fingerprint density at radius 2 is 2.05 bits per heavy atom. The molecule has 1 unspecified atom stereocenters. The molecule has 1 atom stereocenters. The van der Waals surface area contributed by atoms with Gasteiger partial charge in [0.05, 0.1) is 5.92 Å². The van der Waals surface area contributed by atoms with Gasteiger partial charge in [-0.1, -0.05) is 29.8 Å². The summed E-state index contributed by atoms with van der Waals surface area (Å²) in [7, 11) is -3.02. The summed E-state index contributed by atoms with van der Waals surface area (Å²) in [6.45, 7) is 1.96. The molecule has 0 bridgehead atoms. The monoisotopic (exact) mass is 284 g/mol. The first-order valence-electron chi connectivity index (χ1n) is 6.24. The standard InChI is InChI=1S/C14H20O4S/c1-11-5-3-6-12(9-11)10-13(14(15)16)7-4-8-19(2,17)18/h3,5-6,9,13H,4,7-8,10H2,1-2H3,(H,15,16). The van der Waals surface area contributed by atoms with E-state index in [1.807, 2.05) is 31.2 Å². The number of hydrogen-bond donors (Lipinski definition) is 1. The van der Waals surface area contributed by atoms with Crippen molar-refractivity contribution in [2.24, 2.45) is 5.92 Å². The SMILES string of the molecule is Cc1cccc(CC(CCCS(C)(=O)=O)C(=O)O)c1. The van der Waals surface area contributed by atoms with Gasteiger partial charge < -0.3 is 5.11 Å². The topological polar surface area (TPSA) is 71.4 Å². The molecular formula is C14H20O4S. The molecule has 0 saturated heterocycles. The van der Waals surface area contributed by atoms with E-state index >= 15 is 0 Å². The van der Waals surface area contributed by atoms with Crippen molar-refractivity contribution < 1.29 is 18.3 Å². The highest BCUT2D eigenvalue weighted by atomic mass is 32.2. The van der Waals surface area contributed by atoms with Gasteiger partial charge in [-0.2, -0.15) is 0 Å². The quantitative estimate of drug-likeness (QED) is 0.832. The molecule has 0 amide bonds. The van der Waals surface area contributed by atoms with Crippen LogP contribution >= 0.6 is 0 Å². The highest BCUT2D eigenvalue weighted by molar-refractivity contribution is 7.90. The van der Waals surface area contributed by atoms with Crippen molar-refractivity contribution in [3.63, 3.8) is 0 Å². The van der Waals surface area contributed by atoms with Crippen molar-refractivity contribution >= 4 is 15.8 Å². The molecule has 0 radical (unpaired) electrons. The number of sulfone groups is 1. The Morgan fingerprint density at radius 3 is 2.58 bits per heavy atom. The number of carbonyl (C=O) groups is 1. The molecule has 106 valence electrons. The van der Waals surface area contributed by atoms with Crippen molar-refractivity contribution in [2.75, 3.05) is 12.0 Å². The second-order valence-corrected chi connectivity index (χ2v) is 7.26. The maximum Gasteiger partial charge on any atom is 0.306 e. The molecule has 19 heavy (non-hydrogen) atoms. The fourth-order valence-corrected chi connectivity index (χ4v) is 2.72. The third-order valence-corrected chi connectivity index (χ3v) is 4.01. The van der Waals surface area contributed by atoms with Gasteiger partial charge in [-0.3, -0.25) is 4.79 Å². The molecule has 5 heteroatoms. The fourth-order valence-electron chi connectivity index (χ4n) is 2.03. The molecule has 0 saturated carbocycles. The van der Waals surface area contributed by atoms with Gasteiger partial charge in [-0.05, 0) is 31.7 Å². The van der Waals surface area contributed by atoms with Crippen molar-refractivity contribution in [3.05, 3.63) is 35.4 Å². The molecule has 1 rings (SSSR count). The first kappa shape index (κ1) is 15.7. The fraction of sp³-hybridized carbons (Fsp3) is 0.500. The molecular weight excluding hydrogens is 264 g/mol. The predicted octanol–water partition coefficient (Wildman–Crippen LogP) is 2.06. The second-order valence-electron chi connectivity index (χ2n) is 5.00. The van der Waals surface area contributed by atoms with Crippen LogP contribution in [0.25, 0.3) is 0 Å². The van der Waals surface area contributed by atoms with Crippen LogP contribution in [0.1, 0.15) is 24.0 Å². The van der Waals surface area contributed by atoms with E-state index in [4.69, 9.17) is 0 Å². The Bertz CT molecular complexity index is 534. The average Bonchev–Trinajstić information content (AvgIpc) is 2.26. The Labute approximate surface area is 114 Å². The van der Waals surface area contributed by atoms with Crippen LogP contribution in [0.15, 0.2) is 24.3 Å². The van der Waals surface area contributed by atoms with Gasteiger partial charge in [-0.25, -0.2) is 8.42 Å². The maximum atomic E-state index is 11.2. The molecule has 0 aromatic heterocycles. The smallest absolute Gasteiger partial charge is 0.306 e. The molecule has 0 spiro atoms. The average molecular weight is 284 g/mol. The number of carboxylic acid groups (broad SMARTS) is 1.